The van der Waals surface area contributed by atoms with Crippen molar-refractivity contribution in [3.05, 3.63) is 33.5 Å². The molecule has 0 saturated carbocycles. The van der Waals surface area contributed by atoms with Crippen LogP contribution in [0.3, 0.4) is 0 Å². The van der Waals surface area contributed by atoms with Crippen molar-refractivity contribution in [2.75, 3.05) is 46.8 Å². The number of benzene rings is 1. The number of hydrogen-bond donors (Lipinski definition) is 1. The number of carbonyl (C=O) groups is 3. The molecule has 0 unspecified atom stereocenters. The molecule has 2 aromatic rings. The minimum absolute atomic E-state index is 0.0545. The van der Waals surface area contributed by atoms with E-state index in [2.05, 4.69) is 38.4 Å². The summed E-state index contributed by atoms with van der Waals surface area (Å²) in [6, 6.07) is 1.73. The summed E-state index contributed by atoms with van der Waals surface area (Å²) in [4.78, 5) is 36.6. The fraction of sp³-hybridized carbons (Fsp3) is 0.552. The smallest absolute Gasteiger partial charge is 0.303 e. The summed E-state index contributed by atoms with van der Waals surface area (Å²) < 4.78 is 48.2. The monoisotopic (exact) mass is 749 g/mol. The fourth-order valence-electron chi connectivity index (χ4n) is 4.63. The Morgan fingerprint density at radius 1 is 1.00 bits per heavy atom. The molecule has 1 N–H and O–H groups in total. The van der Waals surface area contributed by atoms with Crippen molar-refractivity contribution in [1.82, 2.24) is 4.57 Å². The first-order chi connectivity index (χ1) is 20.9. The lowest BCUT2D eigenvalue weighted by Crippen LogP contribution is -2.58. The largest absolute Gasteiger partial charge is 0.499 e. The first kappa shape index (κ1) is 35.8. The number of nitrogens with zero attached hydrogens (tertiary/aromatic N) is 1. The van der Waals surface area contributed by atoms with Crippen LogP contribution in [0.5, 0.6) is 11.5 Å². The number of hydrogen-bond acceptors (Lipinski definition) is 12. The van der Waals surface area contributed by atoms with Crippen LogP contribution >= 0.6 is 31.9 Å². The van der Waals surface area contributed by atoms with E-state index in [-0.39, 0.29) is 43.8 Å². The normalized spacial score (nSPS) is 21.5. The van der Waals surface area contributed by atoms with Crippen molar-refractivity contribution < 1.29 is 57.4 Å². The SMILES string of the molecule is C=C(OC)[C@H]1O[C@@H](Oc2cn(C(C)=O)c3cc(Br)c(OCCOCCOCCO)c(Br)c23)[C@H](C)[C@@H](OC(C)=O)[C@@H]1OC(C)=O. The van der Waals surface area contributed by atoms with E-state index in [0.717, 1.165) is 0 Å². The third-order valence-electron chi connectivity index (χ3n) is 6.61. The fourth-order valence-corrected chi connectivity index (χ4v) is 6.15. The molecule has 1 aromatic carbocycles. The average molecular weight is 751 g/mol. The average Bonchev–Trinajstić information content (AvgIpc) is 3.32. The van der Waals surface area contributed by atoms with Crippen molar-refractivity contribution in [1.29, 1.82) is 0 Å². The van der Waals surface area contributed by atoms with Gasteiger partial charge in [0.25, 0.3) is 0 Å². The highest BCUT2D eigenvalue weighted by Crippen LogP contribution is 2.46. The van der Waals surface area contributed by atoms with Gasteiger partial charge in [-0.1, -0.05) is 13.5 Å². The molecule has 244 valence electrons. The van der Waals surface area contributed by atoms with Gasteiger partial charge in [-0.25, -0.2) is 0 Å². The van der Waals surface area contributed by atoms with Gasteiger partial charge in [0.2, 0.25) is 12.2 Å². The van der Waals surface area contributed by atoms with Crippen LogP contribution in [0.25, 0.3) is 10.9 Å². The van der Waals surface area contributed by atoms with Crippen molar-refractivity contribution in [2.45, 2.75) is 52.3 Å². The van der Waals surface area contributed by atoms with Gasteiger partial charge in [-0.2, -0.15) is 0 Å². The molecule has 0 amide bonds. The molecule has 2 heterocycles. The summed E-state index contributed by atoms with van der Waals surface area (Å²) in [6.45, 7) is 10.8. The highest BCUT2D eigenvalue weighted by Gasteiger charge is 2.50. The summed E-state index contributed by atoms with van der Waals surface area (Å²) in [6.07, 6.45) is -2.60. The number of methoxy groups -OCH3 is 1. The molecule has 5 atom stereocenters. The minimum atomic E-state index is -1.06. The maximum absolute atomic E-state index is 12.6. The number of aliphatic hydroxyl groups is 1. The number of aromatic nitrogens is 1. The standard InChI is InChI=1S/C29H37Br2NO12/c1-15-25(41-18(4)35)28(42-19(5)36)26(16(2)37-6)44-29(15)43-22-14-32(17(3)34)21-13-20(30)27(24(31)23(21)22)40-12-11-39-10-9-38-8-7-33/h13-15,25-26,28-29,33H,2,7-12H2,1,3-6H3/t15-,25-,26-,28+,29-/m1/s1. The molecule has 0 spiro atoms. The second-order valence-corrected chi connectivity index (χ2v) is 11.4. The third-order valence-corrected chi connectivity index (χ3v) is 7.95. The molecular weight excluding hydrogens is 714 g/mol. The molecule has 0 bridgehead atoms. The van der Waals surface area contributed by atoms with Crippen LogP contribution < -0.4 is 9.47 Å². The number of carbonyl (C=O) groups excluding carboxylic acids is 3. The highest BCUT2D eigenvalue weighted by molar-refractivity contribution is 9.11. The lowest BCUT2D eigenvalue weighted by molar-refractivity contribution is -0.257. The van der Waals surface area contributed by atoms with Crippen molar-refractivity contribution in [2.24, 2.45) is 5.92 Å². The molecule has 13 nitrogen and oxygen atoms in total. The molecule has 0 radical (unpaired) electrons. The third kappa shape index (κ3) is 8.73. The van der Waals surface area contributed by atoms with Crippen LogP contribution in [-0.4, -0.2) is 98.9 Å². The predicted octanol–water partition coefficient (Wildman–Crippen LogP) is 3.99. The van der Waals surface area contributed by atoms with Gasteiger partial charge in [-0.15, -0.1) is 0 Å². The summed E-state index contributed by atoms with van der Waals surface area (Å²) in [5.74, 6) is -1.28. The Morgan fingerprint density at radius 2 is 1.61 bits per heavy atom. The summed E-state index contributed by atoms with van der Waals surface area (Å²) >= 11 is 7.14. The van der Waals surface area contributed by atoms with E-state index in [1.807, 2.05) is 0 Å². The van der Waals surface area contributed by atoms with Crippen LogP contribution in [0.4, 0.5) is 0 Å². The van der Waals surface area contributed by atoms with Gasteiger partial charge in [0.15, 0.2) is 18.3 Å². The lowest BCUT2D eigenvalue weighted by atomic mass is 9.91. The molecule has 0 aliphatic carbocycles. The predicted molar refractivity (Wildman–Crippen MR) is 164 cm³/mol. The van der Waals surface area contributed by atoms with Crippen LogP contribution in [0.1, 0.15) is 32.5 Å². The second-order valence-electron chi connectivity index (χ2n) is 9.80. The number of ether oxygens (including phenoxy) is 8. The quantitative estimate of drug-likeness (QED) is 0.159. The summed E-state index contributed by atoms with van der Waals surface area (Å²) in [7, 11) is 1.39. The summed E-state index contributed by atoms with van der Waals surface area (Å²) in [5.41, 5.74) is 0.520. The Morgan fingerprint density at radius 3 is 2.20 bits per heavy atom. The number of halogens is 2. The van der Waals surface area contributed by atoms with Gasteiger partial charge in [0.05, 0.1) is 72.1 Å². The van der Waals surface area contributed by atoms with E-state index in [4.69, 9.17) is 43.0 Å². The molecule has 3 rings (SSSR count). The van der Waals surface area contributed by atoms with E-state index in [1.54, 1.807) is 13.0 Å². The van der Waals surface area contributed by atoms with Gasteiger partial charge < -0.3 is 43.0 Å². The first-order valence-electron chi connectivity index (χ1n) is 13.7. The lowest BCUT2D eigenvalue weighted by Gasteiger charge is -2.44. The minimum Gasteiger partial charge on any atom is -0.499 e. The van der Waals surface area contributed by atoms with Crippen LogP contribution in [0.2, 0.25) is 0 Å². The summed E-state index contributed by atoms with van der Waals surface area (Å²) in [5, 5.41) is 9.28. The Kier molecular flexibility index (Phi) is 13.5. The van der Waals surface area contributed by atoms with E-state index in [0.29, 0.717) is 38.8 Å². The zero-order valence-electron chi connectivity index (χ0n) is 25.1. The molecule has 1 aliphatic heterocycles. The van der Waals surface area contributed by atoms with Gasteiger partial charge >= 0.3 is 11.9 Å². The molecule has 1 saturated heterocycles. The Hall–Kier alpha value is -2.69. The van der Waals surface area contributed by atoms with Crippen LogP contribution in [-0.2, 0) is 38.0 Å². The van der Waals surface area contributed by atoms with E-state index >= 15 is 0 Å². The Bertz CT molecular complexity index is 1350. The molecule has 15 heteroatoms. The first-order valence-corrected chi connectivity index (χ1v) is 15.3. The number of fused-ring (bicyclic) bond motifs is 1. The Labute approximate surface area is 271 Å². The van der Waals surface area contributed by atoms with Gasteiger partial charge in [-0.3, -0.25) is 19.0 Å². The molecule has 1 fully saturated rings. The maximum Gasteiger partial charge on any atom is 0.303 e. The molecule has 44 heavy (non-hydrogen) atoms. The van der Waals surface area contributed by atoms with Gasteiger partial charge in [0.1, 0.15) is 23.9 Å². The molecule has 1 aliphatic rings. The van der Waals surface area contributed by atoms with Crippen LogP contribution in [0.15, 0.2) is 33.5 Å². The topological polar surface area (TPSA) is 150 Å². The van der Waals surface area contributed by atoms with Gasteiger partial charge in [0, 0.05) is 20.8 Å². The maximum atomic E-state index is 12.6. The van der Waals surface area contributed by atoms with E-state index < -0.39 is 42.5 Å². The molecular formula is C29H37Br2NO12. The van der Waals surface area contributed by atoms with E-state index in [1.165, 1.54) is 38.6 Å². The zero-order chi connectivity index (χ0) is 32.6. The van der Waals surface area contributed by atoms with Gasteiger partial charge in [-0.05, 0) is 37.9 Å². The highest BCUT2D eigenvalue weighted by atomic mass is 79.9. The zero-order valence-corrected chi connectivity index (χ0v) is 28.3. The second kappa shape index (κ2) is 16.6. The Balaban J connectivity index is 1.95. The number of aliphatic hydroxyl groups excluding tert-OH is 1. The molecule has 1 aromatic heterocycles. The van der Waals surface area contributed by atoms with Crippen molar-refractivity contribution >= 4 is 60.6 Å². The van der Waals surface area contributed by atoms with E-state index in [9.17, 15) is 14.4 Å². The number of rotatable bonds is 15. The van der Waals surface area contributed by atoms with Crippen molar-refractivity contribution in [3.8, 4) is 11.5 Å². The van der Waals surface area contributed by atoms with Crippen LogP contribution in [0, 0.1) is 5.92 Å². The van der Waals surface area contributed by atoms with Crippen molar-refractivity contribution in [3.63, 3.8) is 0 Å². The number of esters is 2.